The van der Waals surface area contributed by atoms with E-state index in [0.717, 1.165) is 16.2 Å². The molecule has 2 amide bonds. The predicted octanol–water partition coefficient (Wildman–Crippen LogP) is 3.91. The highest BCUT2D eigenvalue weighted by molar-refractivity contribution is 8.00. The van der Waals surface area contributed by atoms with E-state index < -0.39 is 45.0 Å². The maximum absolute atomic E-state index is 14.1. The number of nitrogens with one attached hydrogen (secondary N) is 1. The highest BCUT2D eigenvalue weighted by Gasteiger charge is 2.55. The SMILES string of the molecule is Cc1nnc(S(=O)(=O)CC2=C(C(=O)OC(c3ccccc3)c3ccccc3)N3C(=O)[C@@H](NC(=O)Cc4cccs4)[C@H]3SC2)s1. The highest BCUT2D eigenvalue weighted by Crippen LogP contribution is 2.42. The molecule has 0 spiro atoms. The van der Waals surface area contributed by atoms with Crippen molar-refractivity contribution in [1.82, 2.24) is 20.4 Å². The van der Waals surface area contributed by atoms with Crippen molar-refractivity contribution in [2.45, 2.75) is 35.2 Å². The lowest BCUT2D eigenvalue weighted by Gasteiger charge is -2.49. The van der Waals surface area contributed by atoms with E-state index in [9.17, 15) is 22.8 Å². The van der Waals surface area contributed by atoms with Crippen LogP contribution in [-0.4, -0.2) is 64.2 Å². The number of nitrogens with zero attached hydrogens (tertiary/aromatic N) is 3. The van der Waals surface area contributed by atoms with Crippen LogP contribution < -0.4 is 5.32 Å². The van der Waals surface area contributed by atoms with Crippen LogP contribution in [0.4, 0.5) is 0 Å². The number of thiophene rings is 1. The standard InChI is InChI=1S/C30H26N4O6S4/c1-18-32-33-30(43-18)44(38,39)17-21-16-42-28-24(31-23(35)15-22-13-8-14-41-22)27(36)34(28)25(21)29(37)40-26(19-9-4-2-5-10-19)20-11-6-3-7-12-20/h2-14,24,26,28H,15-17H2,1H3,(H,31,35)/t24-,28-/m1/s1. The Hall–Kier alpha value is -3.85. The third-order valence-corrected chi connectivity index (χ3v) is 12.2. The smallest absolute Gasteiger partial charge is 0.356 e. The summed E-state index contributed by atoms with van der Waals surface area (Å²) in [5, 5.41) is 12.2. The molecular formula is C30H26N4O6S4. The van der Waals surface area contributed by atoms with Gasteiger partial charge in [0.15, 0.2) is 6.10 Å². The van der Waals surface area contributed by atoms with Gasteiger partial charge < -0.3 is 10.1 Å². The molecule has 1 N–H and O–H groups in total. The second kappa shape index (κ2) is 12.6. The molecule has 4 heterocycles. The fourth-order valence-corrected chi connectivity index (χ4v) is 9.65. The Morgan fingerprint density at radius 1 is 1.02 bits per heavy atom. The van der Waals surface area contributed by atoms with Crippen molar-refractivity contribution in [3.8, 4) is 0 Å². The number of rotatable bonds is 10. The highest BCUT2D eigenvalue weighted by atomic mass is 32.2. The number of hydrogen-bond donors (Lipinski definition) is 1. The van der Waals surface area contributed by atoms with Crippen molar-refractivity contribution >= 4 is 62.1 Å². The molecule has 1 fully saturated rings. The van der Waals surface area contributed by atoms with Crippen LogP contribution in [0.5, 0.6) is 0 Å². The van der Waals surface area contributed by atoms with Crippen LogP contribution in [0, 0.1) is 6.92 Å². The first-order valence-corrected chi connectivity index (χ1v) is 17.9. The van der Waals surface area contributed by atoms with Gasteiger partial charge in [-0.25, -0.2) is 13.2 Å². The summed E-state index contributed by atoms with van der Waals surface area (Å²) in [6.07, 6.45) is -0.684. The first-order chi connectivity index (χ1) is 21.2. The monoisotopic (exact) mass is 666 g/mol. The number of aromatic nitrogens is 2. The average Bonchev–Trinajstić information content (AvgIpc) is 3.71. The van der Waals surface area contributed by atoms with Gasteiger partial charge in [0.2, 0.25) is 20.1 Å². The van der Waals surface area contributed by atoms with Gasteiger partial charge in [-0.05, 0) is 35.1 Å². The van der Waals surface area contributed by atoms with Crippen LogP contribution >= 0.6 is 34.4 Å². The van der Waals surface area contributed by atoms with Crippen LogP contribution in [0.2, 0.25) is 0 Å². The van der Waals surface area contributed by atoms with Gasteiger partial charge in [0, 0.05) is 10.6 Å². The molecule has 0 unspecified atom stereocenters. The van der Waals surface area contributed by atoms with Crippen LogP contribution in [0.1, 0.15) is 27.1 Å². The maximum Gasteiger partial charge on any atom is 0.356 e. The van der Waals surface area contributed by atoms with E-state index in [0.29, 0.717) is 16.1 Å². The quantitative estimate of drug-likeness (QED) is 0.197. The minimum absolute atomic E-state index is 0.121. The summed E-state index contributed by atoms with van der Waals surface area (Å²) < 4.78 is 32.6. The molecule has 1 saturated heterocycles. The molecule has 6 rings (SSSR count). The Kier molecular flexibility index (Phi) is 8.67. The van der Waals surface area contributed by atoms with Gasteiger partial charge in [-0.1, -0.05) is 78.1 Å². The van der Waals surface area contributed by atoms with Gasteiger partial charge in [-0.2, -0.15) is 0 Å². The molecule has 226 valence electrons. The number of fused-ring (bicyclic) bond motifs is 1. The molecule has 2 aromatic heterocycles. The minimum atomic E-state index is -3.97. The lowest BCUT2D eigenvalue weighted by Crippen LogP contribution is -2.70. The Balaban J connectivity index is 1.32. The van der Waals surface area contributed by atoms with Gasteiger partial charge in [0.25, 0.3) is 5.91 Å². The number of carbonyl (C=O) groups excluding carboxylic acids is 3. The summed E-state index contributed by atoms with van der Waals surface area (Å²) in [7, 11) is -3.97. The Labute approximate surface area is 266 Å². The third kappa shape index (κ3) is 6.20. The molecule has 4 aromatic rings. The van der Waals surface area contributed by atoms with Gasteiger partial charge in [0.05, 0.1) is 12.2 Å². The maximum atomic E-state index is 14.1. The zero-order valence-electron chi connectivity index (χ0n) is 23.3. The molecule has 0 aliphatic carbocycles. The fraction of sp³-hybridized carbons (Fsp3) is 0.233. The molecule has 2 aromatic carbocycles. The molecule has 2 aliphatic heterocycles. The fourth-order valence-electron chi connectivity index (χ4n) is 5.02. The topological polar surface area (TPSA) is 136 Å². The van der Waals surface area contributed by atoms with Gasteiger partial charge in [-0.15, -0.1) is 33.3 Å². The van der Waals surface area contributed by atoms with Crippen molar-refractivity contribution in [3.63, 3.8) is 0 Å². The van der Waals surface area contributed by atoms with Gasteiger partial charge in [0.1, 0.15) is 22.1 Å². The predicted molar refractivity (Wildman–Crippen MR) is 168 cm³/mol. The summed E-state index contributed by atoms with van der Waals surface area (Å²) in [5.41, 5.74) is 1.52. The summed E-state index contributed by atoms with van der Waals surface area (Å²) in [6, 6.07) is 21.2. The number of sulfone groups is 1. The van der Waals surface area contributed by atoms with Crippen molar-refractivity contribution in [3.05, 3.63) is 110 Å². The van der Waals surface area contributed by atoms with Gasteiger partial charge in [-0.3, -0.25) is 14.5 Å². The minimum Gasteiger partial charge on any atom is -0.448 e. The van der Waals surface area contributed by atoms with Crippen LogP contribution in [0.15, 0.2) is 93.8 Å². The second-order valence-corrected chi connectivity index (χ2v) is 15.6. The van der Waals surface area contributed by atoms with E-state index >= 15 is 0 Å². The first-order valence-electron chi connectivity index (χ1n) is 13.5. The number of carbonyl (C=O) groups is 3. The van der Waals surface area contributed by atoms with E-state index in [-0.39, 0.29) is 33.7 Å². The lowest BCUT2D eigenvalue weighted by atomic mass is 10.0. The van der Waals surface area contributed by atoms with E-state index in [2.05, 4.69) is 15.5 Å². The largest absolute Gasteiger partial charge is 0.448 e. The lowest BCUT2D eigenvalue weighted by molar-refractivity contribution is -0.154. The van der Waals surface area contributed by atoms with Crippen LogP contribution in [0.25, 0.3) is 0 Å². The van der Waals surface area contributed by atoms with E-state index in [1.807, 2.05) is 78.2 Å². The molecule has 44 heavy (non-hydrogen) atoms. The van der Waals surface area contributed by atoms with Gasteiger partial charge >= 0.3 is 5.97 Å². The number of thioether (sulfide) groups is 1. The molecule has 0 radical (unpaired) electrons. The number of β-lactam (4-membered cyclic amide) rings is 1. The van der Waals surface area contributed by atoms with E-state index in [1.54, 1.807) is 6.92 Å². The zero-order valence-corrected chi connectivity index (χ0v) is 26.5. The Bertz CT molecular complexity index is 1790. The third-order valence-electron chi connectivity index (χ3n) is 7.04. The van der Waals surface area contributed by atoms with Crippen molar-refractivity contribution in [1.29, 1.82) is 0 Å². The number of hydrogen-bond acceptors (Lipinski definition) is 11. The molecule has 0 saturated carbocycles. The van der Waals surface area contributed by atoms with E-state index in [4.69, 9.17) is 4.74 Å². The van der Waals surface area contributed by atoms with Crippen molar-refractivity contribution in [2.75, 3.05) is 11.5 Å². The number of benzene rings is 2. The Morgan fingerprint density at radius 3 is 2.30 bits per heavy atom. The molecule has 0 bridgehead atoms. The number of ether oxygens (including phenoxy) is 1. The average molecular weight is 667 g/mol. The number of aryl methyl sites for hydroxylation is 1. The molecule has 2 atom stereocenters. The van der Waals surface area contributed by atoms with Crippen LogP contribution in [0.3, 0.4) is 0 Å². The zero-order chi connectivity index (χ0) is 30.8. The summed E-state index contributed by atoms with van der Waals surface area (Å²) in [6.45, 7) is 1.65. The summed E-state index contributed by atoms with van der Waals surface area (Å²) in [4.78, 5) is 42.5. The van der Waals surface area contributed by atoms with Crippen molar-refractivity contribution < 1.29 is 27.5 Å². The number of amides is 2. The van der Waals surface area contributed by atoms with E-state index in [1.165, 1.54) is 28.0 Å². The molecular weight excluding hydrogens is 641 g/mol. The summed E-state index contributed by atoms with van der Waals surface area (Å²) in [5.74, 6) is -2.05. The number of esters is 1. The molecule has 10 nitrogen and oxygen atoms in total. The second-order valence-electron chi connectivity index (χ2n) is 10.1. The molecule has 2 aliphatic rings. The first kappa shape index (κ1) is 30.2. The van der Waals surface area contributed by atoms with Crippen LogP contribution in [-0.2, 0) is 35.4 Å². The molecule has 14 heteroatoms. The summed E-state index contributed by atoms with van der Waals surface area (Å²) >= 11 is 3.67. The van der Waals surface area contributed by atoms with Crippen molar-refractivity contribution in [2.24, 2.45) is 0 Å². The normalized spacial score (nSPS) is 18.1. The Morgan fingerprint density at radius 2 is 1.70 bits per heavy atom.